The van der Waals surface area contributed by atoms with E-state index in [9.17, 15) is 4.79 Å². The van der Waals surface area contributed by atoms with Crippen LogP contribution >= 0.6 is 27.5 Å². The molecule has 3 nitrogen and oxygen atoms in total. The maximum Gasteiger partial charge on any atom is 0.265 e. The van der Waals surface area contributed by atoms with E-state index in [0.29, 0.717) is 15.3 Å². The van der Waals surface area contributed by atoms with Gasteiger partial charge in [0.1, 0.15) is 10.3 Å². The zero-order valence-electron chi connectivity index (χ0n) is 8.42. The van der Waals surface area contributed by atoms with E-state index in [0.717, 1.165) is 11.1 Å². The zero-order chi connectivity index (χ0) is 11.7. The van der Waals surface area contributed by atoms with Gasteiger partial charge in [-0.05, 0) is 34.5 Å². The number of hydrogen-bond acceptors (Lipinski definition) is 2. The molecule has 0 fully saturated rings. The van der Waals surface area contributed by atoms with Gasteiger partial charge in [-0.1, -0.05) is 23.7 Å². The van der Waals surface area contributed by atoms with Crippen LogP contribution in [0.5, 0.6) is 0 Å². The molecule has 1 aromatic heterocycles. The molecule has 0 aliphatic carbocycles. The predicted molar refractivity (Wildman–Crippen MR) is 67.7 cm³/mol. The summed E-state index contributed by atoms with van der Waals surface area (Å²) in [5.41, 5.74) is 1.58. The minimum atomic E-state index is -0.207. The van der Waals surface area contributed by atoms with Crippen LogP contribution in [0.25, 0.3) is 11.4 Å². The normalized spacial score (nSPS) is 10.4. The molecule has 2 aromatic rings. The van der Waals surface area contributed by atoms with Gasteiger partial charge in [-0.25, -0.2) is 4.98 Å². The van der Waals surface area contributed by atoms with Gasteiger partial charge in [0, 0.05) is 16.8 Å². The van der Waals surface area contributed by atoms with Crippen molar-refractivity contribution in [1.29, 1.82) is 0 Å². The van der Waals surface area contributed by atoms with E-state index < -0.39 is 0 Å². The highest BCUT2D eigenvalue weighted by Crippen LogP contribution is 2.22. The maximum absolute atomic E-state index is 11.4. The molecule has 1 N–H and O–H groups in total. The molecule has 0 spiro atoms. The van der Waals surface area contributed by atoms with Crippen molar-refractivity contribution < 1.29 is 0 Å². The molecule has 2 rings (SSSR count). The van der Waals surface area contributed by atoms with Crippen LogP contribution in [-0.4, -0.2) is 9.97 Å². The highest BCUT2D eigenvalue weighted by atomic mass is 79.9. The second-order valence-corrected chi connectivity index (χ2v) is 4.63. The van der Waals surface area contributed by atoms with Gasteiger partial charge in [0.05, 0.1) is 0 Å². The topological polar surface area (TPSA) is 45.8 Å². The fourth-order valence-corrected chi connectivity index (χ4v) is 1.65. The average Bonchev–Trinajstić information content (AvgIpc) is 2.26. The number of hydrogen-bond donors (Lipinski definition) is 1. The molecule has 0 atom stereocenters. The summed E-state index contributed by atoms with van der Waals surface area (Å²) in [5, 5.41) is 0.656. The lowest BCUT2D eigenvalue weighted by atomic mass is 10.1. The van der Waals surface area contributed by atoms with Crippen LogP contribution in [0.15, 0.2) is 33.7 Å². The number of rotatable bonds is 1. The quantitative estimate of drug-likeness (QED) is 0.879. The Morgan fingerprint density at radius 3 is 2.81 bits per heavy atom. The van der Waals surface area contributed by atoms with Crippen molar-refractivity contribution in [1.82, 2.24) is 9.97 Å². The van der Waals surface area contributed by atoms with Crippen LogP contribution in [0.1, 0.15) is 5.56 Å². The van der Waals surface area contributed by atoms with Crippen LogP contribution in [0.3, 0.4) is 0 Å². The molecule has 5 heteroatoms. The summed E-state index contributed by atoms with van der Waals surface area (Å²) in [6.07, 6.45) is 1.47. The third kappa shape index (κ3) is 2.18. The highest BCUT2D eigenvalue weighted by molar-refractivity contribution is 9.10. The molecular weight excluding hydrogens is 291 g/mol. The Labute approximate surface area is 106 Å². The molecule has 0 saturated heterocycles. The highest BCUT2D eigenvalue weighted by Gasteiger charge is 2.04. The average molecular weight is 300 g/mol. The monoisotopic (exact) mass is 298 g/mol. The number of halogens is 2. The van der Waals surface area contributed by atoms with Crippen molar-refractivity contribution >= 4 is 27.5 Å². The maximum atomic E-state index is 11.4. The molecule has 0 amide bonds. The Morgan fingerprint density at radius 2 is 2.19 bits per heavy atom. The summed E-state index contributed by atoms with van der Waals surface area (Å²) >= 11 is 9.10. The smallest absolute Gasteiger partial charge is 0.265 e. The molecule has 0 unspecified atom stereocenters. The van der Waals surface area contributed by atoms with Gasteiger partial charge in [0.25, 0.3) is 5.56 Å². The molecule has 0 aliphatic rings. The Bertz CT molecular complexity index is 595. The van der Waals surface area contributed by atoms with Gasteiger partial charge in [0.15, 0.2) is 0 Å². The third-order valence-electron chi connectivity index (χ3n) is 2.20. The Kier molecular flexibility index (Phi) is 3.12. The van der Waals surface area contributed by atoms with E-state index in [4.69, 9.17) is 11.6 Å². The molecule has 16 heavy (non-hydrogen) atoms. The standard InChI is InChI=1S/C11H8BrClN2O/c1-6-2-3-7(4-9(6)13)10-14-5-8(12)11(16)15-10/h2-5H,1H3,(H,14,15,16). The Hall–Kier alpha value is -1.13. The van der Waals surface area contributed by atoms with Gasteiger partial charge in [-0.3, -0.25) is 4.79 Å². The van der Waals surface area contributed by atoms with Crippen molar-refractivity contribution in [2.45, 2.75) is 6.92 Å². The molecular formula is C11H8BrClN2O. The Morgan fingerprint density at radius 1 is 1.44 bits per heavy atom. The molecule has 1 heterocycles. The number of benzene rings is 1. The van der Waals surface area contributed by atoms with Crippen LogP contribution in [0, 0.1) is 6.92 Å². The first kappa shape index (κ1) is 11.4. The first-order valence-corrected chi connectivity index (χ1v) is 5.76. The Balaban J connectivity index is 2.55. The van der Waals surface area contributed by atoms with Crippen LogP contribution in [0.2, 0.25) is 5.02 Å². The van der Waals surface area contributed by atoms with Gasteiger partial charge in [0.2, 0.25) is 0 Å². The molecule has 0 bridgehead atoms. The van der Waals surface area contributed by atoms with Crippen LogP contribution in [-0.2, 0) is 0 Å². The van der Waals surface area contributed by atoms with Crippen LogP contribution < -0.4 is 5.56 Å². The van der Waals surface area contributed by atoms with E-state index in [1.165, 1.54) is 6.20 Å². The number of aromatic amines is 1. The minimum absolute atomic E-state index is 0.207. The van der Waals surface area contributed by atoms with E-state index in [2.05, 4.69) is 25.9 Å². The van der Waals surface area contributed by atoms with Gasteiger partial charge in [-0.2, -0.15) is 0 Å². The molecule has 0 radical (unpaired) electrons. The summed E-state index contributed by atoms with van der Waals surface area (Å²) < 4.78 is 0.412. The molecule has 0 aliphatic heterocycles. The van der Waals surface area contributed by atoms with E-state index in [1.54, 1.807) is 6.07 Å². The first-order chi connectivity index (χ1) is 7.58. The summed E-state index contributed by atoms with van der Waals surface area (Å²) in [7, 11) is 0. The minimum Gasteiger partial charge on any atom is -0.306 e. The number of aryl methyl sites for hydroxylation is 1. The summed E-state index contributed by atoms with van der Waals surface area (Å²) in [4.78, 5) is 18.2. The van der Waals surface area contributed by atoms with Crippen molar-refractivity contribution in [3.05, 3.63) is 49.8 Å². The van der Waals surface area contributed by atoms with Crippen molar-refractivity contribution in [3.63, 3.8) is 0 Å². The molecule has 82 valence electrons. The van der Waals surface area contributed by atoms with Gasteiger partial charge >= 0.3 is 0 Å². The molecule has 1 aromatic carbocycles. The molecule has 0 saturated carbocycles. The van der Waals surface area contributed by atoms with Crippen molar-refractivity contribution in [2.24, 2.45) is 0 Å². The zero-order valence-corrected chi connectivity index (χ0v) is 10.8. The van der Waals surface area contributed by atoms with Gasteiger partial charge < -0.3 is 4.98 Å². The fourth-order valence-electron chi connectivity index (χ4n) is 1.27. The summed E-state index contributed by atoms with van der Waals surface area (Å²) in [6, 6.07) is 5.54. The van der Waals surface area contributed by atoms with Crippen molar-refractivity contribution in [3.8, 4) is 11.4 Å². The van der Waals surface area contributed by atoms with E-state index in [-0.39, 0.29) is 5.56 Å². The lowest BCUT2D eigenvalue weighted by Gasteiger charge is -2.03. The number of nitrogens with one attached hydrogen (secondary N) is 1. The van der Waals surface area contributed by atoms with Crippen molar-refractivity contribution in [2.75, 3.05) is 0 Å². The lowest BCUT2D eigenvalue weighted by molar-refractivity contribution is 1.11. The lowest BCUT2D eigenvalue weighted by Crippen LogP contribution is -2.08. The third-order valence-corrected chi connectivity index (χ3v) is 3.17. The largest absolute Gasteiger partial charge is 0.306 e. The van der Waals surface area contributed by atoms with Gasteiger partial charge in [-0.15, -0.1) is 0 Å². The van der Waals surface area contributed by atoms with Crippen LogP contribution in [0.4, 0.5) is 0 Å². The number of aromatic nitrogens is 2. The predicted octanol–water partition coefficient (Wildman–Crippen LogP) is 3.16. The summed E-state index contributed by atoms with van der Waals surface area (Å²) in [5.74, 6) is 0.509. The van der Waals surface area contributed by atoms with E-state index >= 15 is 0 Å². The SMILES string of the molecule is Cc1ccc(-c2ncc(Br)c(=O)[nH]2)cc1Cl. The second kappa shape index (κ2) is 4.39. The second-order valence-electron chi connectivity index (χ2n) is 3.37. The van der Waals surface area contributed by atoms with E-state index in [1.807, 2.05) is 19.1 Å². The fraction of sp³-hybridized carbons (Fsp3) is 0.0909. The summed E-state index contributed by atoms with van der Waals surface area (Å²) in [6.45, 7) is 1.92. The number of H-pyrrole nitrogens is 1. The first-order valence-electron chi connectivity index (χ1n) is 4.59. The number of nitrogens with zero attached hydrogens (tertiary/aromatic N) is 1.